The quantitative estimate of drug-likeness (QED) is 0.655. The van der Waals surface area contributed by atoms with Crippen LogP contribution in [0.2, 0.25) is 0 Å². The summed E-state index contributed by atoms with van der Waals surface area (Å²) in [5, 5.41) is 9.53. The number of hydrogen-bond acceptors (Lipinski definition) is 3. The van der Waals surface area contributed by atoms with Gasteiger partial charge in [-0.1, -0.05) is 31.2 Å². The average Bonchev–Trinajstić information content (AvgIpc) is 2.68. The zero-order chi connectivity index (χ0) is 17.7. The van der Waals surface area contributed by atoms with Crippen LogP contribution in [0.25, 0.3) is 0 Å². The number of aryl methyl sites for hydroxylation is 1. The Morgan fingerprint density at radius 2 is 1.83 bits per heavy atom. The molecule has 3 unspecified atom stereocenters. The molecule has 0 radical (unpaired) electrons. The molecule has 4 nitrogen and oxygen atoms in total. The molecule has 10 heteroatoms. The van der Waals surface area contributed by atoms with Gasteiger partial charge in [0.2, 0.25) is 0 Å². The third kappa shape index (κ3) is 2.36. The lowest BCUT2D eigenvalue weighted by molar-refractivity contribution is -0.376. The number of carboxylic acid groups (broad SMARTS) is 1. The summed E-state index contributed by atoms with van der Waals surface area (Å²) in [6.45, 7) is 1.52. The molecule has 2 N–H and O–H groups in total. The monoisotopic (exact) mass is 343 g/mol. The third-order valence-electron chi connectivity index (χ3n) is 3.46. The van der Waals surface area contributed by atoms with E-state index in [-0.39, 0.29) is 12.0 Å². The number of carbonyl (C=O) groups is 1. The van der Waals surface area contributed by atoms with Crippen molar-refractivity contribution in [2.75, 3.05) is 0 Å². The van der Waals surface area contributed by atoms with Gasteiger partial charge in [-0.2, -0.15) is 22.0 Å². The van der Waals surface area contributed by atoms with Gasteiger partial charge in [-0.3, -0.25) is 4.74 Å². The van der Waals surface area contributed by atoms with Gasteiger partial charge in [0, 0.05) is 5.56 Å². The Bertz CT molecular complexity index is 638. The third-order valence-corrected chi connectivity index (χ3v) is 3.46. The van der Waals surface area contributed by atoms with E-state index in [1.807, 2.05) is 0 Å². The molecule has 0 aliphatic carbocycles. The van der Waals surface area contributed by atoms with Crippen molar-refractivity contribution >= 4 is 5.97 Å². The fourth-order valence-corrected chi connectivity index (χ4v) is 2.30. The molecule has 0 saturated carbocycles. The van der Waals surface area contributed by atoms with E-state index in [1.165, 1.54) is 25.1 Å². The second kappa shape index (κ2) is 5.10. The van der Waals surface area contributed by atoms with E-state index in [2.05, 4.69) is 4.74 Å². The molecule has 0 amide bonds. The molecule has 0 spiro atoms. The molecule has 1 aromatic carbocycles. The highest BCUT2D eigenvalue weighted by molar-refractivity contribution is 5.79. The lowest BCUT2D eigenvalue weighted by Crippen LogP contribution is -2.63. The van der Waals surface area contributed by atoms with Crippen LogP contribution in [0.3, 0.4) is 0 Å². The standard InChI is InChI=1S/C13H11F6NO3/c1-2-7-5-3-4-6-8(7)11(15)20-10(14,9(21)22)12(16,23-11)13(17,18)19/h3-6,20H,2H2,1H3,(H,21,22). The van der Waals surface area contributed by atoms with Gasteiger partial charge in [0.05, 0.1) is 0 Å². The predicted octanol–water partition coefficient (Wildman–Crippen LogP) is 2.93. The number of carboxylic acids is 1. The summed E-state index contributed by atoms with van der Waals surface area (Å²) in [4.78, 5) is 10.8. The fourth-order valence-electron chi connectivity index (χ4n) is 2.30. The average molecular weight is 343 g/mol. The highest BCUT2D eigenvalue weighted by Gasteiger charge is 2.83. The molecule has 1 aromatic rings. The summed E-state index contributed by atoms with van der Waals surface area (Å²) >= 11 is 0. The van der Waals surface area contributed by atoms with Crippen LogP contribution >= 0.6 is 0 Å². The van der Waals surface area contributed by atoms with Crippen molar-refractivity contribution in [2.45, 2.75) is 37.1 Å². The Balaban J connectivity index is 2.63. The van der Waals surface area contributed by atoms with Crippen molar-refractivity contribution in [1.29, 1.82) is 0 Å². The van der Waals surface area contributed by atoms with Crippen LogP contribution in [0.4, 0.5) is 26.3 Å². The van der Waals surface area contributed by atoms with Crippen molar-refractivity contribution in [2.24, 2.45) is 0 Å². The lowest BCUT2D eigenvalue weighted by atomic mass is 10.0. The van der Waals surface area contributed by atoms with Gasteiger partial charge in [0.1, 0.15) is 0 Å². The van der Waals surface area contributed by atoms with Crippen molar-refractivity contribution < 1.29 is 41.0 Å². The van der Waals surface area contributed by atoms with E-state index >= 15 is 0 Å². The van der Waals surface area contributed by atoms with Crippen LogP contribution < -0.4 is 5.32 Å². The molecule has 1 aliphatic heterocycles. The van der Waals surface area contributed by atoms with Crippen molar-refractivity contribution in [3.8, 4) is 0 Å². The summed E-state index contributed by atoms with van der Waals surface area (Å²) < 4.78 is 85.3. The van der Waals surface area contributed by atoms with Gasteiger partial charge in [0.15, 0.2) is 0 Å². The molecule has 0 bridgehead atoms. The van der Waals surface area contributed by atoms with E-state index in [9.17, 15) is 31.1 Å². The Morgan fingerprint density at radius 3 is 2.26 bits per heavy atom. The van der Waals surface area contributed by atoms with Crippen LogP contribution in [-0.2, 0) is 21.9 Å². The molecule has 2 rings (SSSR count). The zero-order valence-corrected chi connectivity index (χ0v) is 11.5. The first-order valence-electron chi connectivity index (χ1n) is 6.36. The van der Waals surface area contributed by atoms with Crippen molar-refractivity contribution in [3.05, 3.63) is 35.4 Å². The second-order valence-electron chi connectivity index (χ2n) is 4.89. The first-order chi connectivity index (χ1) is 10.4. The number of alkyl halides is 6. The number of aliphatic carboxylic acids is 1. The molecular weight excluding hydrogens is 332 g/mol. The van der Waals surface area contributed by atoms with Crippen LogP contribution in [0.1, 0.15) is 18.1 Å². The summed E-state index contributed by atoms with van der Waals surface area (Å²) in [7, 11) is 0. The molecule has 1 fully saturated rings. The number of halogens is 6. The topological polar surface area (TPSA) is 58.6 Å². The summed E-state index contributed by atoms with van der Waals surface area (Å²) in [6.07, 6.45) is -6.04. The highest BCUT2D eigenvalue weighted by Crippen LogP contribution is 2.54. The van der Waals surface area contributed by atoms with Crippen LogP contribution in [-0.4, -0.2) is 28.9 Å². The number of ether oxygens (including phenoxy) is 1. The largest absolute Gasteiger partial charge is 0.478 e. The Hall–Kier alpha value is -1.81. The fraction of sp³-hybridized carbons (Fsp3) is 0.462. The minimum atomic E-state index is -6.14. The summed E-state index contributed by atoms with van der Waals surface area (Å²) in [5.41, 5.74) is -0.559. The minimum Gasteiger partial charge on any atom is -0.478 e. The van der Waals surface area contributed by atoms with Gasteiger partial charge in [-0.05, 0) is 12.0 Å². The molecule has 3 atom stereocenters. The Labute approximate surface area is 126 Å². The maximum absolute atomic E-state index is 14.8. The molecule has 128 valence electrons. The molecule has 0 aromatic heterocycles. The van der Waals surface area contributed by atoms with Gasteiger partial charge in [-0.15, -0.1) is 0 Å². The predicted molar refractivity (Wildman–Crippen MR) is 64.2 cm³/mol. The zero-order valence-electron chi connectivity index (χ0n) is 11.5. The van der Waals surface area contributed by atoms with E-state index in [0.29, 0.717) is 0 Å². The SMILES string of the molecule is CCc1ccccc1C1(F)NC(F)(C(=O)O)C(F)(C(F)(F)F)O1. The number of hydrogen-bond donors (Lipinski definition) is 2. The van der Waals surface area contributed by atoms with E-state index < -0.39 is 35.3 Å². The summed E-state index contributed by atoms with van der Waals surface area (Å²) in [5.74, 6) is -17.0. The van der Waals surface area contributed by atoms with E-state index in [4.69, 9.17) is 5.11 Å². The number of benzene rings is 1. The maximum Gasteiger partial charge on any atom is 0.454 e. The first-order valence-corrected chi connectivity index (χ1v) is 6.36. The van der Waals surface area contributed by atoms with Gasteiger partial charge in [0.25, 0.3) is 5.98 Å². The molecule has 23 heavy (non-hydrogen) atoms. The van der Waals surface area contributed by atoms with Crippen LogP contribution in [0.5, 0.6) is 0 Å². The van der Waals surface area contributed by atoms with Gasteiger partial charge < -0.3 is 5.11 Å². The number of rotatable bonds is 3. The van der Waals surface area contributed by atoms with Gasteiger partial charge in [-0.25, -0.2) is 14.5 Å². The smallest absolute Gasteiger partial charge is 0.454 e. The normalized spacial score (nSPS) is 34.6. The van der Waals surface area contributed by atoms with Crippen LogP contribution in [0, 0.1) is 0 Å². The minimum absolute atomic E-state index is 0.0849. The molecule has 1 saturated heterocycles. The van der Waals surface area contributed by atoms with Gasteiger partial charge >= 0.3 is 23.8 Å². The molecule has 1 heterocycles. The van der Waals surface area contributed by atoms with Crippen molar-refractivity contribution in [1.82, 2.24) is 5.32 Å². The number of nitrogens with one attached hydrogen (secondary N) is 1. The Morgan fingerprint density at radius 1 is 1.26 bits per heavy atom. The highest BCUT2D eigenvalue weighted by atomic mass is 19.4. The Kier molecular flexibility index (Phi) is 3.89. The molecule has 1 aliphatic rings. The van der Waals surface area contributed by atoms with E-state index in [1.54, 1.807) is 0 Å². The summed E-state index contributed by atoms with van der Waals surface area (Å²) in [6, 6.07) is 4.87. The maximum atomic E-state index is 14.8. The lowest BCUT2D eigenvalue weighted by Gasteiger charge is -2.28. The first kappa shape index (κ1) is 17.5. The van der Waals surface area contributed by atoms with Crippen molar-refractivity contribution in [3.63, 3.8) is 0 Å². The van der Waals surface area contributed by atoms with Crippen LogP contribution in [0.15, 0.2) is 24.3 Å². The molecular formula is C13H11F6NO3. The second-order valence-corrected chi connectivity index (χ2v) is 4.89. The van der Waals surface area contributed by atoms with E-state index in [0.717, 1.165) is 11.4 Å².